The number of methoxy groups -OCH3 is 1. The van der Waals surface area contributed by atoms with E-state index in [0.29, 0.717) is 17.7 Å². The van der Waals surface area contributed by atoms with Crippen molar-refractivity contribution in [3.63, 3.8) is 0 Å². The summed E-state index contributed by atoms with van der Waals surface area (Å²) in [7, 11) is 1.32. The van der Waals surface area contributed by atoms with Gasteiger partial charge in [0.25, 0.3) is 0 Å². The number of fused-ring (bicyclic) bond motifs is 3. The third-order valence-corrected chi connectivity index (χ3v) is 9.12. The Morgan fingerprint density at radius 2 is 2.00 bits per heavy atom. The largest absolute Gasteiger partial charge is 0.472 e. The van der Waals surface area contributed by atoms with Crippen LogP contribution in [0.25, 0.3) is 0 Å². The van der Waals surface area contributed by atoms with E-state index >= 15 is 0 Å². The first-order chi connectivity index (χ1) is 16.7. The second-order valence-electron chi connectivity index (χ2n) is 10.2. The summed E-state index contributed by atoms with van der Waals surface area (Å²) in [4.78, 5) is 53.3. The van der Waals surface area contributed by atoms with Crippen LogP contribution in [0, 0.1) is 35.0 Å². The number of Topliss-reactive ketones (excluding diaryl/α,β-unsaturated/α-hetero) is 1. The molecule has 0 aromatic carbocycles. The average molecular weight is 501 g/mol. The van der Waals surface area contributed by atoms with Crippen molar-refractivity contribution in [2.45, 2.75) is 45.3 Å². The van der Waals surface area contributed by atoms with Crippen LogP contribution < -0.4 is 0 Å². The van der Waals surface area contributed by atoms with Crippen molar-refractivity contribution in [1.29, 1.82) is 0 Å². The summed E-state index contributed by atoms with van der Waals surface area (Å²) >= 11 is 1.22. The lowest BCUT2D eigenvalue weighted by Gasteiger charge is -2.58. The molecule has 0 N–H and O–H groups in total. The highest BCUT2D eigenvalue weighted by atomic mass is 32.1. The van der Waals surface area contributed by atoms with Crippen LogP contribution in [0.5, 0.6) is 0 Å². The van der Waals surface area contributed by atoms with Crippen molar-refractivity contribution < 1.29 is 37.8 Å². The number of cyclic esters (lactones) is 1. The second-order valence-corrected chi connectivity index (χ2v) is 11.1. The van der Waals surface area contributed by atoms with E-state index in [4.69, 9.17) is 18.6 Å². The van der Waals surface area contributed by atoms with E-state index in [1.165, 1.54) is 31.0 Å². The van der Waals surface area contributed by atoms with Crippen molar-refractivity contribution >= 4 is 35.0 Å². The molecule has 3 fully saturated rings. The standard InChI is InChI=1S/C26H28O8S/c1-13-9-16-24(29)34-18(14-6-7-32-12-14)11-26(16,2)21-20(13)15(23(28)31-3)10-17(22(21)27)33-25(30)19-5-4-8-35-19/h4-8,12-13,15-18,20-21H,9-11H2,1-3H3/t13-,15+,16-,17-,18?,20?,21+,26-/m0/s1. The van der Waals surface area contributed by atoms with Crippen LogP contribution in [0.15, 0.2) is 40.5 Å². The van der Waals surface area contributed by atoms with E-state index in [9.17, 15) is 19.2 Å². The molecule has 2 aromatic rings. The summed E-state index contributed by atoms with van der Waals surface area (Å²) in [5.74, 6) is -3.83. The van der Waals surface area contributed by atoms with Crippen LogP contribution in [0.2, 0.25) is 0 Å². The van der Waals surface area contributed by atoms with E-state index in [1.807, 2.05) is 13.8 Å². The molecule has 8 nitrogen and oxygen atoms in total. The zero-order valence-corrected chi connectivity index (χ0v) is 20.6. The number of carbonyl (C=O) groups excluding carboxylic acids is 4. The van der Waals surface area contributed by atoms with Gasteiger partial charge in [-0.1, -0.05) is 19.9 Å². The second kappa shape index (κ2) is 8.93. The predicted molar refractivity (Wildman–Crippen MR) is 123 cm³/mol. The fourth-order valence-corrected chi connectivity index (χ4v) is 7.27. The van der Waals surface area contributed by atoms with Crippen molar-refractivity contribution in [3.8, 4) is 0 Å². The summed E-state index contributed by atoms with van der Waals surface area (Å²) in [6.45, 7) is 3.90. The molecular formula is C26H28O8S. The number of esters is 3. The molecule has 35 heavy (non-hydrogen) atoms. The zero-order chi connectivity index (χ0) is 24.9. The average Bonchev–Trinajstić information content (AvgIpc) is 3.55. The van der Waals surface area contributed by atoms with Gasteiger partial charge in [-0.2, -0.15) is 0 Å². The molecule has 186 valence electrons. The zero-order valence-electron chi connectivity index (χ0n) is 19.8. The minimum absolute atomic E-state index is 0.0739. The van der Waals surface area contributed by atoms with Crippen LogP contribution in [-0.2, 0) is 28.6 Å². The number of rotatable bonds is 4. The molecule has 0 radical (unpaired) electrons. The molecule has 0 bridgehead atoms. The Balaban J connectivity index is 1.54. The molecule has 1 saturated heterocycles. The maximum atomic E-state index is 14.0. The predicted octanol–water partition coefficient (Wildman–Crippen LogP) is 4.21. The lowest BCUT2D eigenvalue weighted by atomic mass is 9.46. The van der Waals surface area contributed by atoms with E-state index in [2.05, 4.69) is 0 Å². The number of ether oxygens (including phenoxy) is 3. The van der Waals surface area contributed by atoms with Gasteiger partial charge in [0.1, 0.15) is 11.0 Å². The molecule has 2 saturated carbocycles. The van der Waals surface area contributed by atoms with Crippen molar-refractivity contribution in [3.05, 3.63) is 46.5 Å². The number of thiophene rings is 1. The van der Waals surface area contributed by atoms with Gasteiger partial charge >= 0.3 is 17.9 Å². The maximum absolute atomic E-state index is 14.0. The van der Waals surface area contributed by atoms with Gasteiger partial charge in [0.05, 0.1) is 31.5 Å². The third kappa shape index (κ3) is 3.90. The Bertz CT molecular complexity index is 1120. The van der Waals surface area contributed by atoms with Crippen LogP contribution in [0.4, 0.5) is 0 Å². The first-order valence-corrected chi connectivity index (χ1v) is 12.7. The maximum Gasteiger partial charge on any atom is 0.349 e. The van der Waals surface area contributed by atoms with Gasteiger partial charge in [-0.05, 0) is 47.6 Å². The molecular weight excluding hydrogens is 472 g/mol. The van der Waals surface area contributed by atoms with Gasteiger partial charge in [0, 0.05) is 17.9 Å². The van der Waals surface area contributed by atoms with Crippen LogP contribution in [0.3, 0.4) is 0 Å². The smallest absolute Gasteiger partial charge is 0.349 e. The Morgan fingerprint density at radius 1 is 1.20 bits per heavy atom. The van der Waals surface area contributed by atoms with E-state index < -0.39 is 47.3 Å². The summed E-state index contributed by atoms with van der Waals surface area (Å²) < 4.78 is 21.8. The number of ketones is 1. The number of furan rings is 1. The van der Waals surface area contributed by atoms with Gasteiger partial charge in [-0.3, -0.25) is 14.4 Å². The molecule has 9 heteroatoms. The molecule has 3 aliphatic rings. The highest BCUT2D eigenvalue weighted by Gasteiger charge is 2.65. The third-order valence-electron chi connectivity index (χ3n) is 8.27. The topological polar surface area (TPSA) is 109 Å². The Morgan fingerprint density at radius 3 is 2.66 bits per heavy atom. The van der Waals surface area contributed by atoms with Crippen molar-refractivity contribution in [2.24, 2.45) is 35.0 Å². The van der Waals surface area contributed by atoms with Gasteiger partial charge in [0.15, 0.2) is 11.9 Å². The summed E-state index contributed by atoms with van der Waals surface area (Å²) in [5.41, 5.74) is -0.0622. The van der Waals surface area contributed by atoms with Crippen LogP contribution >= 0.6 is 11.3 Å². The number of hydrogen-bond acceptors (Lipinski definition) is 9. The lowest BCUT2D eigenvalue weighted by Crippen LogP contribution is -2.62. The Hall–Kier alpha value is -2.94. The first kappa shape index (κ1) is 23.8. The Labute approximate surface area is 206 Å². The van der Waals surface area contributed by atoms with E-state index in [1.54, 1.807) is 23.6 Å². The summed E-state index contributed by atoms with van der Waals surface area (Å²) in [6, 6.07) is 5.11. The SMILES string of the molecule is COC(=O)[C@@H]1C[C@H](OC(=O)c2cccs2)C(=O)[C@H]2C1[C@@H](C)C[C@H]1C(=O)OC(c3ccoc3)C[C@@]12C. The molecule has 2 aromatic heterocycles. The van der Waals surface area contributed by atoms with E-state index in [0.717, 1.165) is 5.56 Å². The van der Waals surface area contributed by atoms with Crippen molar-refractivity contribution in [1.82, 2.24) is 0 Å². The fraction of sp³-hybridized carbons (Fsp3) is 0.538. The highest BCUT2D eigenvalue weighted by Crippen LogP contribution is 2.61. The summed E-state index contributed by atoms with van der Waals surface area (Å²) in [6.07, 6.45) is 2.39. The monoisotopic (exact) mass is 500 g/mol. The Kier molecular flexibility index (Phi) is 6.07. The fourth-order valence-electron chi connectivity index (χ4n) is 6.67. The lowest BCUT2D eigenvalue weighted by molar-refractivity contribution is -0.201. The van der Waals surface area contributed by atoms with Gasteiger partial charge in [-0.15, -0.1) is 11.3 Å². The minimum Gasteiger partial charge on any atom is -0.472 e. The molecule has 5 rings (SSSR count). The molecule has 3 heterocycles. The van der Waals surface area contributed by atoms with Crippen LogP contribution in [-0.4, -0.2) is 36.9 Å². The van der Waals surface area contributed by atoms with E-state index in [-0.39, 0.29) is 30.0 Å². The molecule has 1 aliphatic heterocycles. The number of carbonyl (C=O) groups is 4. The van der Waals surface area contributed by atoms with Gasteiger partial charge in [0.2, 0.25) is 0 Å². The quantitative estimate of drug-likeness (QED) is 0.454. The molecule has 2 aliphatic carbocycles. The molecule has 0 spiro atoms. The molecule has 0 amide bonds. The van der Waals surface area contributed by atoms with Crippen molar-refractivity contribution in [2.75, 3.05) is 7.11 Å². The minimum atomic E-state index is -1.09. The number of hydrogen-bond donors (Lipinski definition) is 0. The van der Waals surface area contributed by atoms with Gasteiger partial charge in [-0.25, -0.2) is 4.79 Å². The molecule has 8 atom stereocenters. The van der Waals surface area contributed by atoms with Gasteiger partial charge < -0.3 is 18.6 Å². The summed E-state index contributed by atoms with van der Waals surface area (Å²) in [5, 5.41) is 1.75. The highest BCUT2D eigenvalue weighted by molar-refractivity contribution is 7.11. The van der Waals surface area contributed by atoms with Crippen LogP contribution in [0.1, 0.15) is 54.4 Å². The molecule has 2 unspecified atom stereocenters. The normalized spacial score (nSPS) is 36.5. The first-order valence-electron chi connectivity index (χ1n) is 11.8.